The predicted octanol–water partition coefficient (Wildman–Crippen LogP) is 3.55. The van der Waals surface area contributed by atoms with Gasteiger partial charge >= 0.3 is 6.18 Å². The topological polar surface area (TPSA) is 42.2 Å². The second-order valence-corrected chi connectivity index (χ2v) is 3.51. The molecule has 2 rings (SSSR count). The van der Waals surface area contributed by atoms with Crippen molar-refractivity contribution in [2.45, 2.75) is 6.18 Å². The number of halogens is 3. The molecule has 0 saturated carbocycles. The molecular weight excluding hydrogens is 247 g/mol. The standard InChI is InChI=1S/C12H8F3NO2/c13-12(14,15)9-3-1-2-4-10(9)16-11(17)8-5-6-18-7-8/h1-7H,(H,16,17). The second kappa shape index (κ2) is 4.56. The van der Waals surface area contributed by atoms with E-state index >= 15 is 0 Å². The number of carbonyl (C=O) groups excluding carboxylic acids is 1. The van der Waals surface area contributed by atoms with Gasteiger partial charge in [-0.3, -0.25) is 4.79 Å². The molecule has 6 heteroatoms. The molecule has 3 nitrogen and oxygen atoms in total. The van der Waals surface area contributed by atoms with Crippen molar-refractivity contribution in [3.8, 4) is 0 Å². The Morgan fingerprint density at radius 1 is 1.17 bits per heavy atom. The highest BCUT2D eigenvalue weighted by Crippen LogP contribution is 2.34. The van der Waals surface area contributed by atoms with E-state index in [2.05, 4.69) is 9.73 Å². The Kier molecular flexibility index (Phi) is 3.10. The number of anilines is 1. The first-order chi connectivity index (χ1) is 8.48. The molecule has 2 aromatic rings. The van der Waals surface area contributed by atoms with Gasteiger partial charge in [0.05, 0.1) is 23.1 Å². The summed E-state index contributed by atoms with van der Waals surface area (Å²) < 4.78 is 42.7. The number of alkyl halides is 3. The summed E-state index contributed by atoms with van der Waals surface area (Å²) in [4.78, 5) is 11.6. The molecule has 0 bridgehead atoms. The number of rotatable bonds is 2. The highest BCUT2D eigenvalue weighted by atomic mass is 19.4. The molecule has 1 amide bonds. The summed E-state index contributed by atoms with van der Waals surface area (Å²) in [6, 6.07) is 6.15. The molecule has 0 atom stereocenters. The maximum Gasteiger partial charge on any atom is 0.418 e. The van der Waals surface area contributed by atoms with Crippen molar-refractivity contribution in [1.82, 2.24) is 0 Å². The molecule has 0 unspecified atom stereocenters. The summed E-state index contributed by atoms with van der Waals surface area (Å²) >= 11 is 0. The number of benzene rings is 1. The fraction of sp³-hybridized carbons (Fsp3) is 0.0833. The first-order valence-corrected chi connectivity index (χ1v) is 4.98. The van der Waals surface area contributed by atoms with Gasteiger partial charge in [0.1, 0.15) is 6.26 Å². The molecule has 1 aromatic heterocycles. The number of amides is 1. The quantitative estimate of drug-likeness (QED) is 0.891. The van der Waals surface area contributed by atoms with E-state index in [9.17, 15) is 18.0 Å². The Balaban J connectivity index is 2.27. The van der Waals surface area contributed by atoms with Gasteiger partial charge in [-0.2, -0.15) is 13.2 Å². The molecule has 0 radical (unpaired) electrons. The maximum atomic E-state index is 12.7. The summed E-state index contributed by atoms with van der Waals surface area (Å²) in [5, 5.41) is 2.20. The number of hydrogen-bond donors (Lipinski definition) is 1. The van der Waals surface area contributed by atoms with Crippen molar-refractivity contribution in [2.24, 2.45) is 0 Å². The normalized spacial score (nSPS) is 11.3. The van der Waals surface area contributed by atoms with Gasteiger partial charge in [0, 0.05) is 0 Å². The average molecular weight is 255 g/mol. The molecule has 1 heterocycles. The van der Waals surface area contributed by atoms with E-state index < -0.39 is 17.6 Å². The van der Waals surface area contributed by atoms with Gasteiger partial charge < -0.3 is 9.73 Å². The molecule has 0 spiro atoms. The fourth-order valence-electron chi connectivity index (χ4n) is 1.43. The fourth-order valence-corrected chi connectivity index (χ4v) is 1.43. The zero-order chi connectivity index (χ0) is 13.2. The van der Waals surface area contributed by atoms with Crippen LogP contribution in [0, 0.1) is 0 Å². The first kappa shape index (κ1) is 12.2. The number of carbonyl (C=O) groups is 1. The average Bonchev–Trinajstić information content (AvgIpc) is 2.81. The maximum absolute atomic E-state index is 12.7. The van der Waals surface area contributed by atoms with E-state index in [1.54, 1.807) is 0 Å². The minimum Gasteiger partial charge on any atom is -0.472 e. The summed E-state index contributed by atoms with van der Waals surface area (Å²) in [6.07, 6.45) is -2.09. The van der Waals surface area contributed by atoms with Gasteiger partial charge in [-0.1, -0.05) is 12.1 Å². The predicted molar refractivity (Wildman–Crippen MR) is 58.1 cm³/mol. The summed E-state index contributed by atoms with van der Waals surface area (Å²) in [5.41, 5.74) is -1.01. The second-order valence-electron chi connectivity index (χ2n) is 3.51. The summed E-state index contributed by atoms with van der Waals surface area (Å²) in [5.74, 6) is -0.652. The van der Waals surface area contributed by atoms with Gasteiger partial charge in [-0.15, -0.1) is 0 Å². The molecule has 0 aliphatic carbocycles. The lowest BCUT2D eigenvalue weighted by Crippen LogP contribution is -2.16. The van der Waals surface area contributed by atoms with Crippen molar-refractivity contribution in [3.63, 3.8) is 0 Å². The first-order valence-electron chi connectivity index (χ1n) is 4.98. The van der Waals surface area contributed by atoms with Gasteiger partial charge in [0.2, 0.25) is 0 Å². The van der Waals surface area contributed by atoms with Crippen LogP contribution in [-0.4, -0.2) is 5.91 Å². The zero-order valence-electron chi connectivity index (χ0n) is 8.99. The Morgan fingerprint density at radius 3 is 2.50 bits per heavy atom. The molecular formula is C12H8F3NO2. The third kappa shape index (κ3) is 2.53. The lowest BCUT2D eigenvalue weighted by atomic mass is 10.1. The summed E-state index contributed by atoms with van der Waals surface area (Å²) in [7, 11) is 0. The van der Waals surface area contributed by atoms with Crippen LogP contribution < -0.4 is 5.32 Å². The van der Waals surface area contributed by atoms with Crippen LogP contribution in [0.4, 0.5) is 18.9 Å². The van der Waals surface area contributed by atoms with Crippen LogP contribution in [0.25, 0.3) is 0 Å². The third-order valence-electron chi connectivity index (χ3n) is 2.26. The largest absolute Gasteiger partial charge is 0.472 e. The van der Waals surface area contributed by atoms with Crippen LogP contribution in [0.5, 0.6) is 0 Å². The van der Waals surface area contributed by atoms with E-state index in [1.807, 2.05) is 0 Å². The lowest BCUT2D eigenvalue weighted by molar-refractivity contribution is -0.136. The molecule has 0 aliphatic heterocycles. The van der Waals surface area contributed by atoms with Gasteiger partial charge in [0.25, 0.3) is 5.91 Å². The van der Waals surface area contributed by atoms with Crippen molar-refractivity contribution < 1.29 is 22.4 Å². The Bertz CT molecular complexity index is 547. The van der Waals surface area contributed by atoms with Gasteiger partial charge in [0.15, 0.2) is 0 Å². The highest BCUT2D eigenvalue weighted by molar-refractivity contribution is 6.04. The van der Waals surface area contributed by atoms with Crippen LogP contribution in [0.1, 0.15) is 15.9 Å². The lowest BCUT2D eigenvalue weighted by Gasteiger charge is -2.12. The number of para-hydroxylation sites is 1. The van der Waals surface area contributed by atoms with Crippen molar-refractivity contribution in [2.75, 3.05) is 5.32 Å². The van der Waals surface area contributed by atoms with E-state index in [0.29, 0.717) is 0 Å². The van der Waals surface area contributed by atoms with E-state index in [-0.39, 0.29) is 11.3 Å². The molecule has 0 fully saturated rings. The molecule has 1 N–H and O–H groups in total. The van der Waals surface area contributed by atoms with E-state index in [4.69, 9.17) is 0 Å². The number of furan rings is 1. The number of hydrogen-bond acceptors (Lipinski definition) is 2. The van der Waals surface area contributed by atoms with Crippen LogP contribution in [-0.2, 0) is 6.18 Å². The Morgan fingerprint density at radius 2 is 1.89 bits per heavy atom. The minimum absolute atomic E-state index is 0.159. The Labute approximate surface area is 100 Å². The molecule has 1 aromatic carbocycles. The van der Waals surface area contributed by atoms with Gasteiger partial charge in [-0.25, -0.2) is 0 Å². The van der Waals surface area contributed by atoms with Crippen molar-refractivity contribution in [1.29, 1.82) is 0 Å². The van der Waals surface area contributed by atoms with Crippen LogP contribution in [0.15, 0.2) is 47.3 Å². The van der Waals surface area contributed by atoms with Crippen LogP contribution in [0.3, 0.4) is 0 Å². The minimum atomic E-state index is -4.51. The molecule has 18 heavy (non-hydrogen) atoms. The zero-order valence-corrected chi connectivity index (χ0v) is 8.99. The SMILES string of the molecule is O=C(Nc1ccccc1C(F)(F)F)c1ccoc1. The van der Waals surface area contributed by atoms with Crippen LogP contribution >= 0.6 is 0 Å². The number of nitrogens with one attached hydrogen (secondary N) is 1. The third-order valence-corrected chi connectivity index (χ3v) is 2.26. The molecule has 0 aliphatic rings. The Hall–Kier alpha value is -2.24. The van der Waals surface area contributed by atoms with E-state index in [1.165, 1.54) is 30.5 Å². The van der Waals surface area contributed by atoms with Crippen molar-refractivity contribution >= 4 is 11.6 Å². The molecule has 0 saturated heterocycles. The highest BCUT2D eigenvalue weighted by Gasteiger charge is 2.33. The monoisotopic (exact) mass is 255 g/mol. The molecule has 94 valence electrons. The van der Waals surface area contributed by atoms with Gasteiger partial charge in [-0.05, 0) is 18.2 Å². The van der Waals surface area contributed by atoms with Crippen molar-refractivity contribution in [3.05, 3.63) is 54.0 Å². The van der Waals surface area contributed by atoms with E-state index in [0.717, 1.165) is 12.3 Å². The smallest absolute Gasteiger partial charge is 0.418 e. The summed E-state index contributed by atoms with van der Waals surface area (Å²) in [6.45, 7) is 0. The van der Waals surface area contributed by atoms with Crippen LogP contribution in [0.2, 0.25) is 0 Å².